The van der Waals surface area contributed by atoms with Crippen LogP contribution in [-0.4, -0.2) is 24.2 Å². The molecule has 0 bridgehead atoms. The molecule has 0 aliphatic heterocycles. The molecule has 0 aliphatic rings. The van der Waals surface area contributed by atoms with Crippen LogP contribution < -0.4 is 5.32 Å². The predicted octanol–water partition coefficient (Wildman–Crippen LogP) is 2.74. The molecule has 0 aromatic rings. The van der Waals surface area contributed by atoms with Crippen molar-refractivity contribution >= 4 is 5.97 Å². The highest BCUT2D eigenvalue weighted by molar-refractivity contribution is 5.75. The summed E-state index contributed by atoms with van der Waals surface area (Å²) < 4.78 is 5.30. The molecule has 0 saturated carbocycles. The molecule has 0 saturated heterocycles. The van der Waals surface area contributed by atoms with E-state index in [1.165, 1.54) is 0 Å². The van der Waals surface area contributed by atoms with Crippen LogP contribution in [0, 0.1) is 5.92 Å². The molecule has 0 aromatic heterocycles. The summed E-state index contributed by atoms with van der Waals surface area (Å²) in [5, 5.41) is 3.23. The number of nitrogens with one attached hydrogen (secondary N) is 1. The largest absolute Gasteiger partial charge is 0.459 e. The van der Waals surface area contributed by atoms with Crippen molar-refractivity contribution in [3.05, 3.63) is 0 Å². The van der Waals surface area contributed by atoms with Crippen molar-refractivity contribution in [2.75, 3.05) is 6.54 Å². The molecule has 0 heterocycles. The van der Waals surface area contributed by atoms with Crippen LogP contribution in [0.15, 0.2) is 0 Å². The number of hydrogen-bond donors (Lipinski definition) is 1. The van der Waals surface area contributed by atoms with Crippen molar-refractivity contribution in [2.24, 2.45) is 5.92 Å². The molecule has 0 spiro atoms. The first-order valence-corrected chi connectivity index (χ1v) is 6.26. The van der Waals surface area contributed by atoms with E-state index in [2.05, 4.69) is 19.2 Å². The monoisotopic (exact) mass is 229 g/mol. The average molecular weight is 229 g/mol. The van der Waals surface area contributed by atoms with E-state index in [9.17, 15) is 4.79 Å². The molecule has 0 aliphatic carbocycles. The van der Waals surface area contributed by atoms with E-state index >= 15 is 0 Å². The fourth-order valence-corrected chi connectivity index (χ4v) is 1.39. The van der Waals surface area contributed by atoms with Crippen LogP contribution in [0.5, 0.6) is 0 Å². The van der Waals surface area contributed by atoms with Crippen molar-refractivity contribution in [1.29, 1.82) is 0 Å². The van der Waals surface area contributed by atoms with Crippen molar-refractivity contribution in [3.63, 3.8) is 0 Å². The van der Waals surface area contributed by atoms with Crippen LogP contribution in [0.4, 0.5) is 0 Å². The SMILES string of the molecule is CCC(CC)CN[C@H](C)C(=O)OC(C)(C)C. The van der Waals surface area contributed by atoms with Crippen LogP contribution in [0.1, 0.15) is 54.4 Å². The summed E-state index contributed by atoms with van der Waals surface area (Å²) in [5.74, 6) is 0.475. The number of rotatable bonds is 6. The fraction of sp³-hybridized carbons (Fsp3) is 0.923. The minimum absolute atomic E-state index is 0.168. The van der Waals surface area contributed by atoms with Gasteiger partial charge < -0.3 is 10.1 Å². The van der Waals surface area contributed by atoms with E-state index in [1.807, 2.05) is 27.7 Å². The van der Waals surface area contributed by atoms with Crippen LogP contribution in [0.2, 0.25) is 0 Å². The quantitative estimate of drug-likeness (QED) is 0.712. The van der Waals surface area contributed by atoms with Crippen LogP contribution in [0.25, 0.3) is 0 Å². The molecule has 3 heteroatoms. The number of carbonyl (C=O) groups excluding carboxylic acids is 1. The first-order valence-electron chi connectivity index (χ1n) is 6.26. The number of hydrogen-bond acceptors (Lipinski definition) is 3. The second kappa shape index (κ2) is 6.89. The molecule has 0 unspecified atom stereocenters. The Hall–Kier alpha value is -0.570. The topological polar surface area (TPSA) is 38.3 Å². The molecule has 0 radical (unpaired) electrons. The van der Waals surface area contributed by atoms with E-state index in [1.54, 1.807) is 0 Å². The fourth-order valence-electron chi connectivity index (χ4n) is 1.39. The van der Waals surface area contributed by atoms with E-state index in [-0.39, 0.29) is 12.0 Å². The van der Waals surface area contributed by atoms with Gasteiger partial charge in [-0.05, 0) is 40.2 Å². The van der Waals surface area contributed by atoms with Crippen molar-refractivity contribution in [2.45, 2.75) is 66.0 Å². The molecule has 96 valence electrons. The van der Waals surface area contributed by atoms with Gasteiger partial charge in [0, 0.05) is 0 Å². The highest BCUT2D eigenvalue weighted by Crippen LogP contribution is 2.09. The summed E-state index contributed by atoms with van der Waals surface area (Å²) in [7, 11) is 0. The van der Waals surface area contributed by atoms with E-state index in [0.717, 1.165) is 19.4 Å². The highest BCUT2D eigenvalue weighted by atomic mass is 16.6. The van der Waals surface area contributed by atoms with Crippen molar-refractivity contribution in [1.82, 2.24) is 5.32 Å². The Kier molecular flexibility index (Phi) is 6.65. The Morgan fingerprint density at radius 3 is 2.12 bits per heavy atom. The minimum Gasteiger partial charge on any atom is -0.459 e. The third-order valence-electron chi connectivity index (χ3n) is 2.63. The smallest absolute Gasteiger partial charge is 0.323 e. The van der Waals surface area contributed by atoms with Gasteiger partial charge in [0.25, 0.3) is 0 Å². The number of esters is 1. The Morgan fingerprint density at radius 2 is 1.75 bits per heavy atom. The van der Waals surface area contributed by atoms with Gasteiger partial charge in [0.2, 0.25) is 0 Å². The molecule has 3 nitrogen and oxygen atoms in total. The van der Waals surface area contributed by atoms with Gasteiger partial charge in [-0.1, -0.05) is 26.7 Å². The molecule has 0 amide bonds. The van der Waals surface area contributed by atoms with Gasteiger partial charge in [-0.15, -0.1) is 0 Å². The zero-order chi connectivity index (χ0) is 12.8. The lowest BCUT2D eigenvalue weighted by Gasteiger charge is -2.23. The zero-order valence-corrected chi connectivity index (χ0v) is 11.6. The summed E-state index contributed by atoms with van der Waals surface area (Å²) in [5.41, 5.74) is -0.401. The Balaban J connectivity index is 3.97. The van der Waals surface area contributed by atoms with E-state index in [0.29, 0.717) is 5.92 Å². The van der Waals surface area contributed by atoms with Gasteiger partial charge in [-0.3, -0.25) is 4.79 Å². The summed E-state index contributed by atoms with van der Waals surface area (Å²) in [6.45, 7) is 12.8. The first kappa shape index (κ1) is 15.4. The van der Waals surface area contributed by atoms with Crippen molar-refractivity contribution < 1.29 is 9.53 Å². The zero-order valence-electron chi connectivity index (χ0n) is 11.6. The summed E-state index contributed by atoms with van der Waals surface area (Å²) in [6, 6.07) is -0.222. The van der Waals surface area contributed by atoms with E-state index < -0.39 is 5.60 Å². The van der Waals surface area contributed by atoms with E-state index in [4.69, 9.17) is 4.74 Å². The van der Waals surface area contributed by atoms with Crippen LogP contribution in [-0.2, 0) is 9.53 Å². The normalized spacial score (nSPS) is 13.9. The van der Waals surface area contributed by atoms with Gasteiger partial charge in [-0.2, -0.15) is 0 Å². The Morgan fingerprint density at radius 1 is 1.25 bits per heavy atom. The second-order valence-electron chi connectivity index (χ2n) is 5.35. The average Bonchev–Trinajstić information content (AvgIpc) is 2.16. The maximum atomic E-state index is 11.7. The highest BCUT2D eigenvalue weighted by Gasteiger charge is 2.21. The molecule has 1 N–H and O–H groups in total. The summed E-state index contributed by atoms with van der Waals surface area (Å²) >= 11 is 0. The standard InChI is InChI=1S/C13H27NO2/c1-7-11(8-2)9-14-10(3)12(15)16-13(4,5)6/h10-11,14H,7-9H2,1-6H3/t10-/m1/s1. The molecule has 16 heavy (non-hydrogen) atoms. The molecular weight excluding hydrogens is 202 g/mol. The Labute approximate surface area is 99.9 Å². The van der Waals surface area contributed by atoms with Gasteiger partial charge in [0.15, 0.2) is 0 Å². The van der Waals surface area contributed by atoms with Crippen LogP contribution >= 0.6 is 0 Å². The predicted molar refractivity (Wildman–Crippen MR) is 67.4 cm³/mol. The maximum Gasteiger partial charge on any atom is 0.323 e. The first-order chi connectivity index (χ1) is 7.30. The lowest BCUT2D eigenvalue weighted by molar-refractivity contribution is -0.157. The third-order valence-corrected chi connectivity index (χ3v) is 2.63. The Bertz CT molecular complexity index is 204. The van der Waals surface area contributed by atoms with Gasteiger partial charge in [-0.25, -0.2) is 0 Å². The van der Waals surface area contributed by atoms with Crippen LogP contribution in [0.3, 0.4) is 0 Å². The van der Waals surface area contributed by atoms with Gasteiger partial charge in [0.1, 0.15) is 11.6 Å². The molecule has 0 aromatic carbocycles. The van der Waals surface area contributed by atoms with Gasteiger partial charge in [0.05, 0.1) is 0 Å². The van der Waals surface area contributed by atoms with Gasteiger partial charge >= 0.3 is 5.97 Å². The summed E-state index contributed by atoms with van der Waals surface area (Å²) in [4.78, 5) is 11.7. The second-order valence-corrected chi connectivity index (χ2v) is 5.35. The third kappa shape index (κ3) is 6.83. The molecule has 1 atom stereocenters. The molecule has 0 rings (SSSR count). The number of carbonyl (C=O) groups is 1. The number of ether oxygens (including phenoxy) is 1. The maximum absolute atomic E-state index is 11.7. The lowest BCUT2D eigenvalue weighted by atomic mass is 10.0. The molecule has 0 fully saturated rings. The summed E-state index contributed by atoms with van der Waals surface area (Å²) in [6.07, 6.45) is 2.29. The minimum atomic E-state index is -0.401. The molecular formula is C13H27NO2. The lowest BCUT2D eigenvalue weighted by Crippen LogP contribution is -2.41. The van der Waals surface area contributed by atoms with Crippen molar-refractivity contribution in [3.8, 4) is 0 Å².